The molecule has 0 fully saturated rings. The topological polar surface area (TPSA) is 35.2 Å². The smallest absolute Gasteiger partial charge is 0.123 e. The van der Waals surface area contributed by atoms with E-state index in [2.05, 4.69) is 0 Å². The van der Waals surface area contributed by atoms with Crippen LogP contribution in [-0.2, 0) is 12.8 Å². The van der Waals surface area contributed by atoms with Crippen molar-refractivity contribution in [3.63, 3.8) is 0 Å². The standard InChI is InChI=1S/C17H20FNO/c1-2-20-17-6-4-3-5-14(17)12-16(19)11-13-7-9-15(18)10-8-13/h3-10,16H,2,11-12,19H2,1H3. The van der Waals surface area contributed by atoms with Gasteiger partial charge in [-0.1, -0.05) is 30.3 Å². The van der Waals surface area contributed by atoms with Crippen molar-refractivity contribution in [2.24, 2.45) is 5.73 Å². The molecule has 0 aromatic heterocycles. The molecule has 0 heterocycles. The van der Waals surface area contributed by atoms with Gasteiger partial charge in [0.05, 0.1) is 6.61 Å². The number of halogens is 1. The van der Waals surface area contributed by atoms with Gasteiger partial charge in [-0.05, 0) is 49.1 Å². The predicted octanol–water partition coefficient (Wildman–Crippen LogP) is 3.34. The molecule has 0 aliphatic rings. The maximum Gasteiger partial charge on any atom is 0.123 e. The third-order valence-corrected chi connectivity index (χ3v) is 3.17. The number of rotatable bonds is 6. The van der Waals surface area contributed by atoms with Crippen molar-refractivity contribution in [1.29, 1.82) is 0 Å². The Bertz CT molecular complexity index is 539. The molecule has 0 bridgehead atoms. The molecular formula is C17H20FNO. The molecule has 2 aromatic carbocycles. The summed E-state index contributed by atoms with van der Waals surface area (Å²) in [6.07, 6.45) is 1.47. The molecule has 0 spiro atoms. The predicted molar refractivity (Wildman–Crippen MR) is 79.4 cm³/mol. The van der Waals surface area contributed by atoms with Gasteiger partial charge in [0.1, 0.15) is 11.6 Å². The zero-order valence-electron chi connectivity index (χ0n) is 11.7. The molecule has 0 amide bonds. The van der Waals surface area contributed by atoms with Crippen LogP contribution in [0, 0.1) is 5.82 Å². The molecule has 0 aliphatic heterocycles. The molecule has 0 saturated heterocycles. The van der Waals surface area contributed by atoms with Crippen LogP contribution in [0.2, 0.25) is 0 Å². The van der Waals surface area contributed by atoms with Gasteiger partial charge in [0.15, 0.2) is 0 Å². The summed E-state index contributed by atoms with van der Waals surface area (Å²) in [6, 6.07) is 14.4. The molecule has 20 heavy (non-hydrogen) atoms. The van der Waals surface area contributed by atoms with Crippen molar-refractivity contribution in [2.75, 3.05) is 6.61 Å². The summed E-state index contributed by atoms with van der Waals surface area (Å²) in [5.74, 6) is 0.675. The molecule has 2 N–H and O–H groups in total. The van der Waals surface area contributed by atoms with Crippen LogP contribution in [0.3, 0.4) is 0 Å². The summed E-state index contributed by atoms with van der Waals surface area (Å²) >= 11 is 0. The monoisotopic (exact) mass is 273 g/mol. The third-order valence-electron chi connectivity index (χ3n) is 3.17. The van der Waals surface area contributed by atoms with E-state index in [1.54, 1.807) is 12.1 Å². The summed E-state index contributed by atoms with van der Waals surface area (Å²) in [5, 5.41) is 0. The number of benzene rings is 2. The Morgan fingerprint density at radius 1 is 1.05 bits per heavy atom. The fourth-order valence-corrected chi connectivity index (χ4v) is 2.25. The van der Waals surface area contributed by atoms with Crippen LogP contribution >= 0.6 is 0 Å². The summed E-state index contributed by atoms with van der Waals surface area (Å²) in [5.41, 5.74) is 8.36. The van der Waals surface area contributed by atoms with E-state index in [0.717, 1.165) is 29.7 Å². The third kappa shape index (κ3) is 4.07. The molecule has 2 aromatic rings. The second-order valence-electron chi connectivity index (χ2n) is 4.84. The van der Waals surface area contributed by atoms with Gasteiger partial charge in [0, 0.05) is 6.04 Å². The lowest BCUT2D eigenvalue weighted by Crippen LogP contribution is -2.25. The van der Waals surface area contributed by atoms with Crippen molar-refractivity contribution in [1.82, 2.24) is 0 Å². The molecule has 106 valence electrons. The summed E-state index contributed by atoms with van der Waals surface area (Å²) < 4.78 is 18.5. The van der Waals surface area contributed by atoms with Crippen molar-refractivity contribution in [2.45, 2.75) is 25.8 Å². The minimum atomic E-state index is -0.219. The molecule has 0 aliphatic carbocycles. The Morgan fingerprint density at radius 2 is 1.75 bits per heavy atom. The lowest BCUT2D eigenvalue weighted by Gasteiger charge is -2.15. The van der Waals surface area contributed by atoms with E-state index >= 15 is 0 Å². The normalized spacial score (nSPS) is 12.2. The van der Waals surface area contributed by atoms with Crippen LogP contribution in [-0.4, -0.2) is 12.6 Å². The van der Waals surface area contributed by atoms with E-state index in [4.69, 9.17) is 10.5 Å². The first-order chi connectivity index (χ1) is 9.69. The van der Waals surface area contributed by atoms with Gasteiger partial charge >= 0.3 is 0 Å². The fourth-order valence-electron chi connectivity index (χ4n) is 2.25. The Hall–Kier alpha value is -1.87. The maximum absolute atomic E-state index is 12.9. The Labute approximate surface area is 119 Å². The first-order valence-corrected chi connectivity index (χ1v) is 6.89. The van der Waals surface area contributed by atoms with E-state index < -0.39 is 0 Å². The minimum absolute atomic E-state index is 0.0120. The molecule has 1 atom stereocenters. The van der Waals surface area contributed by atoms with Crippen molar-refractivity contribution in [3.05, 3.63) is 65.5 Å². The van der Waals surface area contributed by atoms with Gasteiger partial charge in [0.25, 0.3) is 0 Å². The minimum Gasteiger partial charge on any atom is -0.494 e. The highest BCUT2D eigenvalue weighted by Gasteiger charge is 2.09. The quantitative estimate of drug-likeness (QED) is 0.876. The zero-order valence-corrected chi connectivity index (χ0v) is 11.7. The number of hydrogen-bond donors (Lipinski definition) is 1. The molecular weight excluding hydrogens is 253 g/mol. The van der Waals surface area contributed by atoms with Crippen LogP contribution in [0.15, 0.2) is 48.5 Å². The Balaban J connectivity index is 2.00. The molecule has 2 rings (SSSR count). The highest BCUT2D eigenvalue weighted by molar-refractivity contribution is 5.34. The highest BCUT2D eigenvalue weighted by Crippen LogP contribution is 2.20. The number of hydrogen-bond acceptors (Lipinski definition) is 2. The number of para-hydroxylation sites is 1. The van der Waals surface area contributed by atoms with Gasteiger partial charge in [-0.25, -0.2) is 4.39 Å². The number of ether oxygens (including phenoxy) is 1. The molecule has 2 nitrogen and oxygen atoms in total. The second-order valence-corrected chi connectivity index (χ2v) is 4.84. The van der Waals surface area contributed by atoms with Crippen molar-refractivity contribution >= 4 is 0 Å². The molecule has 1 unspecified atom stereocenters. The van der Waals surface area contributed by atoms with E-state index in [1.165, 1.54) is 12.1 Å². The van der Waals surface area contributed by atoms with Gasteiger partial charge < -0.3 is 10.5 Å². The second kappa shape index (κ2) is 7.06. The van der Waals surface area contributed by atoms with Gasteiger partial charge in [-0.2, -0.15) is 0 Å². The van der Waals surface area contributed by atoms with Crippen molar-refractivity contribution in [3.8, 4) is 5.75 Å². The maximum atomic E-state index is 12.9. The van der Waals surface area contributed by atoms with Crippen LogP contribution in [0.1, 0.15) is 18.1 Å². The fraction of sp³-hybridized carbons (Fsp3) is 0.294. The van der Waals surface area contributed by atoms with Crippen LogP contribution in [0.25, 0.3) is 0 Å². The lowest BCUT2D eigenvalue weighted by atomic mass is 9.99. The summed E-state index contributed by atoms with van der Waals surface area (Å²) in [6.45, 7) is 2.61. The average Bonchev–Trinajstić information content (AvgIpc) is 2.44. The van der Waals surface area contributed by atoms with Gasteiger partial charge in [0.2, 0.25) is 0 Å². The highest BCUT2D eigenvalue weighted by atomic mass is 19.1. The van der Waals surface area contributed by atoms with Crippen LogP contribution < -0.4 is 10.5 Å². The van der Waals surface area contributed by atoms with E-state index in [0.29, 0.717) is 6.61 Å². The van der Waals surface area contributed by atoms with E-state index in [9.17, 15) is 4.39 Å². The van der Waals surface area contributed by atoms with Gasteiger partial charge in [-0.15, -0.1) is 0 Å². The van der Waals surface area contributed by atoms with Crippen molar-refractivity contribution < 1.29 is 9.13 Å². The molecule has 0 radical (unpaired) electrons. The zero-order chi connectivity index (χ0) is 14.4. The van der Waals surface area contributed by atoms with E-state index in [-0.39, 0.29) is 11.9 Å². The molecule has 3 heteroatoms. The van der Waals surface area contributed by atoms with Crippen LogP contribution in [0.5, 0.6) is 5.75 Å². The Kier molecular flexibility index (Phi) is 5.13. The first kappa shape index (κ1) is 14.5. The van der Waals surface area contributed by atoms with Crippen LogP contribution in [0.4, 0.5) is 4.39 Å². The van der Waals surface area contributed by atoms with E-state index in [1.807, 2.05) is 31.2 Å². The number of nitrogens with two attached hydrogens (primary N) is 1. The largest absolute Gasteiger partial charge is 0.494 e. The van der Waals surface area contributed by atoms with Gasteiger partial charge in [-0.3, -0.25) is 0 Å². The lowest BCUT2D eigenvalue weighted by molar-refractivity contribution is 0.335. The summed E-state index contributed by atoms with van der Waals surface area (Å²) in [7, 11) is 0. The SMILES string of the molecule is CCOc1ccccc1CC(N)Cc1ccc(F)cc1. The average molecular weight is 273 g/mol. The Morgan fingerprint density at radius 3 is 2.45 bits per heavy atom. The molecule has 0 saturated carbocycles. The first-order valence-electron chi connectivity index (χ1n) is 6.89. The summed E-state index contributed by atoms with van der Waals surface area (Å²) in [4.78, 5) is 0.